The molecule has 0 amide bonds. The van der Waals surface area contributed by atoms with E-state index in [9.17, 15) is 18.0 Å². The molecule has 6 heteroatoms. The van der Waals surface area contributed by atoms with Crippen molar-refractivity contribution in [1.29, 1.82) is 0 Å². The molecule has 0 aliphatic carbocycles. The highest BCUT2D eigenvalue weighted by atomic mass is 19.4. The molecular weight excluding hydrogens is 341 g/mol. The van der Waals surface area contributed by atoms with Crippen LogP contribution >= 0.6 is 0 Å². The number of allylic oxidation sites excluding steroid dienone is 3. The molecule has 2 aromatic rings. The summed E-state index contributed by atoms with van der Waals surface area (Å²) in [6, 6.07) is 3.26. The zero-order chi connectivity index (χ0) is 19.7. The first-order chi connectivity index (χ1) is 12.4. The molecule has 0 saturated carbocycles. The van der Waals surface area contributed by atoms with E-state index in [1.807, 2.05) is 20.8 Å². The summed E-state index contributed by atoms with van der Waals surface area (Å²) in [5.41, 5.74) is -1.11. The molecule has 0 unspecified atom stereocenters. The molecule has 0 saturated heterocycles. The zero-order valence-electron chi connectivity index (χ0n) is 14.9. The van der Waals surface area contributed by atoms with Crippen LogP contribution in [0.2, 0.25) is 0 Å². The molecule has 0 atom stereocenters. The van der Waals surface area contributed by atoms with Crippen molar-refractivity contribution in [3.63, 3.8) is 0 Å². The number of ketones is 1. The third kappa shape index (κ3) is 5.05. The molecule has 0 aromatic carbocycles. The van der Waals surface area contributed by atoms with Crippen LogP contribution in [0.25, 0.3) is 12.2 Å². The number of alkyl halides is 3. The lowest BCUT2D eigenvalue weighted by Crippen LogP contribution is -2.27. The van der Waals surface area contributed by atoms with E-state index in [0.29, 0.717) is 10.6 Å². The summed E-state index contributed by atoms with van der Waals surface area (Å²) in [6.07, 6.45) is 5.29. The summed E-state index contributed by atoms with van der Waals surface area (Å²) >= 11 is 0. The van der Waals surface area contributed by atoms with E-state index in [0.717, 1.165) is 6.07 Å². The highest BCUT2D eigenvalue weighted by Gasteiger charge is 2.33. The van der Waals surface area contributed by atoms with E-state index in [2.05, 4.69) is 16.5 Å². The van der Waals surface area contributed by atoms with Crippen LogP contribution in [0, 0.1) is 0 Å². The van der Waals surface area contributed by atoms with Crippen LogP contribution in [0.5, 0.6) is 0 Å². The van der Waals surface area contributed by atoms with Gasteiger partial charge in [-0.15, -0.1) is 0 Å². The van der Waals surface area contributed by atoms with Gasteiger partial charge < -0.3 is 4.98 Å². The third-order valence-corrected chi connectivity index (χ3v) is 3.21. The first-order valence-electron chi connectivity index (χ1n) is 8.10. The Labute approximate surface area is 150 Å². The highest BCUT2D eigenvalue weighted by Crippen LogP contribution is 2.27. The minimum atomic E-state index is -4.60. The second-order valence-corrected chi connectivity index (χ2v) is 4.86. The largest absolute Gasteiger partial charge is 0.433 e. The average Bonchev–Trinajstić information content (AvgIpc) is 3.03. The van der Waals surface area contributed by atoms with Gasteiger partial charge in [-0.1, -0.05) is 50.8 Å². The van der Waals surface area contributed by atoms with Crippen molar-refractivity contribution in [2.75, 3.05) is 0 Å². The SMILES string of the molecule is C=C/C=c1/[nH]cc(C(=O)c2cccc(C(F)(F)F)n2)/c1=C/C=C\C.CC. The highest BCUT2D eigenvalue weighted by molar-refractivity contribution is 6.07. The van der Waals surface area contributed by atoms with Gasteiger partial charge in [-0.2, -0.15) is 13.2 Å². The van der Waals surface area contributed by atoms with Crippen molar-refractivity contribution in [3.05, 3.63) is 76.7 Å². The van der Waals surface area contributed by atoms with Gasteiger partial charge in [0.2, 0.25) is 5.78 Å². The summed E-state index contributed by atoms with van der Waals surface area (Å²) in [4.78, 5) is 19.0. The summed E-state index contributed by atoms with van der Waals surface area (Å²) < 4.78 is 38.3. The molecule has 0 bridgehead atoms. The second kappa shape index (κ2) is 9.56. The van der Waals surface area contributed by atoms with Gasteiger partial charge in [0.1, 0.15) is 11.4 Å². The Morgan fingerprint density at radius 2 is 1.92 bits per heavy atom. The maximum absolute atomic E-state index is 12.8. The van der Waals surface area contributed by atoms with Crippen LogP contribution in [0.15, 0.2) is 49.2 Å². The quantitative estimate of drug-likeness (QED) is 0.836. The Morgan fingerprint density at radius 1 is 1.23 bits per heavy atom. The predicted molar refractivity (Wildman–Crippen MR) is 98.0 cm³/mol. The topological polar surface area (TPSA) is 45.8 Å². The fraction of sp³-hybridized carbons (Fsp3) is 0.200. The lowest BCUT2D eigenvalue weighted by atomic mass is 10.1. The minimum absolute atomic E-state index is 0.244. The minimum Gasteiger partial charge on any atom is -0.360 e. The molecule has 0 aliphatic heterocycles. The van der Waals surface area contributed by atoms with Gasteiger partial charge >= 0.3 is 6.18 Å². The van der Waals surface area contributed by atoms with Crippen molar-refractivity contribution in [2.45, 2.75) is 26.9 Å². The van der Waals surface area contributed by atoms with Crippen molar-refractivity contribution >= 4 is 17.9 Å². The van der Waals surface area contributed by atoms with Gasteiger partial charge in [0.15, 0.2) is 0 Å². The van der Waals surface area contributed by atoms with Crippen molar-refractivity contribution in [2.24, 2.45) is 0 Å². The maximum atomic E-state index is 12.8. The number of carbonyl (C=O) groups is 1. The average molecular weight is 362 g/mol. The number of aromatic amines is 1. The fourth-order valence-electron chi connectivity index (χ4n) is 2.12. The van der Waals surface area contributed by atoms with E-state index in [1.54, 1.807) is 30.4 Å². The van der Waals surface area contributed by atoms with Crippen molar-refractivity contribution in [3.8, 4) is 0 Å². The van der Waals surface area contributed by atoms with E-state index in [-0.39, 0.29) is 11.3 Å². The van der Waals surface area contributed by atoms with Crippen LogP contribution in [0.4, 0.5) is 13.2 Å². The molecular formula is C20H21F3N2O. The van der Waals surface area contributed by atoms with E-state index in [1.165, 1.54) is 18.3 Å². The van der Waals surface area contributed by atoms with Crippen LogP contribution in [0.3, 0.4) is 0 Å². The molecule has 26 heavy (non-hydrogen) atoms. The first-order valence-corrected chi connectivity index (χ1v) is 8.10. The second-order valence-electron chi connectivity index (χ2n) is 4.86. The standard InChI is InChI=1S/C18H15F3N2O.C2H6/c1-3-5-8-12-13(11-22-14(12)7-4-2)17(24)15-9-6-10-16(23-15)18(19,20)21;1-2/h3-11,22H,2H2,1H3;1-2H3/b5-3-,12-8-,14-7+;. The summed E-state index contributed by atoms with van der Waals surface area (Å²) in [6.45, 7) is 9.41. The molecule has 3 nitrogen and oxygen atoms in total. The smallest absolute Gasteiger partial charge is 0.360 e. The first kappa shape index (κ1) is 21.2. The van der Waals surface area contributed by atoms with Crippen molar-refractivity contribution < 1.29 is 18.0 Å². The Kier molecular flexibility index (Phi) is 7.77. The molecule has 1 N–H and O–H groups in total. The van der Waals surface area contributed by atoms with Crippen LogP contribution in [0.1, 0.15) is 42.5 Å². The zero-order valence-corrected chi connectivity index (χ0v) is 14.9. The van der Waals surface area contributed by atoms with Gasteiger partial charge in [0, 0.05) is 22.3 Å². The molecule has 0 aliphatic rings. The monoisotopic (exact) mass is 362 g/mol. The number of rotatable bonds is 4. The summed E-state index contributed by atoms with van der Waals surface area (Å²) in [5.74, 6) is -0.586. The number of carbonyl (C=O) groups excluding carboxylic acids is 1. The van der Waals surface area contributed by atoms with Gasteiger partial charge in [-0.25, -0.2) is 4.98 Å². The number of nitrogens with zero attached hydrogens (tertiary/aromatic N) is 1. The third-order valence-electron chi connectivity index (χ3n) is 3.21. The van der Waals surface area contributed by atoms with E-state index >= 15 is 0 Å². The van der Waals surface area contributed by atoms with E-state index in [4.69, 9.17) is 0 Å². The van der Waals surface area contributed by atoms with Crippen molar-refractivity contribution in [1.82, 2.24) is 9.97 Å². The Hall–Kier alpha value is -2.89. The Morgan fingerprint density at radius 3 is 2.50 bits per heavy atom. The summed E-state index contributed by atoms with van der Waals surface area (Å²) in [7, 11) is 0. The molecule has 2 aromatic heterocycles. The number of hydrogen-bond acceptors (Lipinski definition) is 2. The lowest BCUT2D eigenvalue weighted by molar-refractivity contribution is -0.141. The fourth-order valence-corrected chi connectivity index (χ4v) is 2.12. The normalized spacial score (nSPS) is 12.8. The lowest BCUT2D eigenvalue weighted by Gasteiger charge is -2.06. The predicted octanol–water partition coefficient (Wildman–Crippen LogP) is 4.01. The molecule has 2 heterocycles. The Bertz CT molecular complexity index is 906. The molecule has 0 fully saturated rings. The summed E-state index contributed by atoms with van der Waals surface area (Å²) in [5, 5.41) is 1.20. The Balaban J connectivity index is 0.00000163. The van der Waals surface area contributed by atoms with Gasteiger partial charge in [-0.3, -0.25) is 4.79 Å². The molecule has 0 radical (unpaired) electrons. The number of hydrogen-bond donors (Lipinski definition) is 1. The van der Waals surface area contributed by atoms with Crippen LogP contribution in [-0.4, -0.2) is 15.8 Å². The number of H-pyrrole nitrogens is 1. The van der Waals surface area contributed by atoms with E-state index < -0.39 is 17.7 Å². The van der Waals surface area contributed by atoms with Gasteiger partial charge in [-0.05, 0) is 25.1 Å². The molecule has 138 valence electrons. The molecule has 2 rings (SSSR count). The van der Waals surface area contributed by atoms with Gasteiger partial charge in [0.25, 0.3) is 0 Å². The number of nitrogens with one attached hydrogen (secondary N) is 1. The van der Waals surface area contributed by atoms with Gasteiger partial charge in [0.05, 0.1) is 0 Å². The number of halogens is 3. The maximum Gasteiger partial charge on any atom is 0.433 e. The number of pyridine rings is 1. The van der Waals surface area contributed by atoms with Crippen LogP contribution < -0.4 is 10.6 Å². The van der Waals surface area contributed by atoms with Crippen LogP contribution in [-0.2, 0) is 6.18 Å². The number of aromatic nitrogens is 2. The molecule has 0 spiro atoms.